The van der Waals surface area contributed by atoms with E-state index in [1.807, 2.05) is 11.0 Å². The number of piperazine rings is 1. The van der Waals surface area contributed by atoms with Crippen molar-refractivity contribution >= 4 is 5.91 Å². The molecule has 3 rings (SSSR count). The van der Waals surface area contributed by atoms with Gasteiger partial charge in [-0.2, -0.15) is 5.10 Å². The Balaban J connectivity index is 1.51. The molecular formula is C19H30N4O3. The highest BCUT2D eigenvalue weighted by Crippen LogP contribution is 2.18. The predicted molar refractivity (Wildman–Crippen MR) is 99.1 cm³/mol. The summed E-state index contributed by atoms with van der Waals surface area (Å²) >= 11 is 0. The Morgan fingerprint density at radius 3 is 2.54 bits per heavy atom. The number of aromatic nitrogens is 2. The van der Waals surface area contributed by atoms with E-state index in [1.165, 1.54) is 0 Å². The van der Waals surface area contributed by atoms with E-state index in [2.05, 4.69) is 30.8 Å². The largest absolute Gasteiger partial charge is 0.381 e. The molecule has 2 aliphatic heterocycles. The third kappa shape index (κ3) is 4.51. The Labute approximate surface area is 154 Å². The lowest BCUT2D eigenvalue weighted by molar-refractivity contribution is -0.137. The molecule has 144 valence electrons. The lowest BCUT2D eigenvalue weighted by atomic mass is 9.92. The number of hydrogen-bond donors (Lipinski definition) is 0. The van der Waals surface area contributed by atoms with E-state index < -0.39 is 0 Å². The SMILES string of the molecule is CC(C)(C)c1ccc(=O)n(CCN2CCN(C(=O)C3CCOC3)CC2)n1. The molecular weight excluding hydrogens is 332 g/mol. The zero-order valence-electron chi connectivity index (χ0n) is 16.1. The molecule has 0 bridgehead atoms. The summed E-state index contributed by atoms with van der Waals surface area (Å²) in [6.45, 7) is 12.1. The average Bonchev–Trinajstić information content (AvgIpc) is 3.14. The summed E-state index contributed by atoms with van der Waals surface area (Å²) in [5, 5.41) is 4.52. The van der Waals surface area contributed by atoms with Gasteiger partial charge in [0.15, 0.2) is 0 Å². The van der Waals surface area contributed by atoms with Crippen LogP contribution in [-0.4, -0.2) is 71.4 Å². The van der Waals surface area contributed by atoms with Crippen LogP contribution in [0.5, 0.6) is 0 Å². The minimum Gasteiger partial charge on any atom is -0.381 e. The number of rotatable bonds is 4. The molecule has 0 N–H and O–H groups in total. The quantitative estimate of drug-likeness (QED) is 0.790. The first kappa shape index (κ1) is 19.0. The monoisotopic (exact) mass is 362 g/mol. The first-order chi connectivity index (χ1) is 12.3. The Bertz CT molecular complexity index is 681. The summed E-state index contributed by atoms with van der Waals surface area (Å²) in [5.74, 6) is 0.280. The van der Waals surface area contributed by atoms with Gasteiger partial charge in [0, 0.05) is 50.8 Å². The van der Waals surface area contributed by atoms with E-state index in [9.17, 15) is 9.59 Å². The fourth-order valence-electron chi connectivity index (χ4n) is 3.42. The molecule has 3 heterocycles. The second-order valence-electron chi connectivity index (χ2n) is 8.26. The van der Waals surface area contributed by atoms with Crippen molar-refractivity contribution in [1.82, 2.24) is 19.6 Å². The predicted octanol–water partition coefficient (Wildman–Crippen LogP) is 0.722. The fraction of sp³-hybridized carbons (Fsp3) is 0.737. The van der Waals surface area contributed by atoms with Gasteiger partial charge in [0.2, 0.25) is 5.91 Å². The Hall–Kier alpha value is -1.73. The summed E-state index contributed by atoms with van der Waals surface area (Å²) < 4.78 is 6.89. The molecule has 2 aliphatic rings. The van der Waals surface area contributed by atoms with Crippen LogP contribution < -0.4 is 5.56 Å². The molecule has 1 unspecified atom stereocenters. The molecule has 1 aromatic heterocycles. The van der Waals surface area contributed by atoms with Crippen LogP contribution in [0.15, 0.2) is 16.9 Å². The number of carbonyl (C=O) groups is 1. The highest BCUT2D eigenvalue weighted by atomic mass is 16.5. The van der Waals surface area contributed by atoms with Crippen LogP contribution in [0.4, 0.5) is 0 Å². The van der Waals surface area contributed by atoms with Gasteiger partial charge in [-0.25, -0.2) is 4.68 Å². The van der Waals surface area contributed by atoms with Gasteiger partial charge in [-0.3, -0.25) is 14.5 Å². The van der Waals surface area contributed by atoms with E-state index in [0.717, 1.165) is 44.8 Å². The first-order valence-corrected chi connectivity index (χ1v) is 9.52. The minimum atomic E-state index is -0.0780. The smallest absolute Gasteiger partial charge is 0.266 e. The van der Waals surface area contributed by atoms with Crippen LogP contribution in [0.2, 0.25) is 0 Å². The van der Waals surface area contributed by atoms with Crippen LogP contribution in [-0.2, 0) is 21.5 Å². The van der Waals surface area contributed by atoms with E-state index in [0.29, 0.717) is 19.8 Å². The molecule has 1 aromatic rings. The van der Waals surface area contributed by atoms with Crippen molar-refractivity contribution < 1.29 is 9.53 Å². The van der Waals surface area contributed by atoms with Crippen molar-refractivity contribution in [3.8, 4) is 0 Å². The van der Waals surface area contributed by atoms with Crippen LogP contribution in [0.1, 0.15) is 32.9 Å². The van der Waals surface area contributed by atoms with Gasteiger partial charge in [0.1, 0.15) is 0 Å². The fourth-order valence-corrected chi connectivity index (χ4v) is 3.42. The van der Waals surface area contributed by atoms with E-state index in [-0.39, 0.29) is 22.8 Å². The summed E-state index contributed by atoms with van der Waals surface area (Å²) in [6.07, 6.45) is 0.845. The lowest BCUT2D eigenvalue weighted by Gasteiger charge is -2.35. The molecule has 26 heavy (non-hydrogen) atoms. The standard InChI is InChI=1S/C19H30N4O3/c1-19(2,3)16-4-5-17(24)23(20-16)12-9-21-7-10-22(11-8-21)18(25)15-6-13-26-14-15/h4-5,15H,6-14H2,1-3H3. The van der Waals surface area contributed by atoms with Crippen molar-refractivity contribution in [2.45, 2.75) is 39.2 Å². The van der Waals surface area contributed by atoms with Crippen molar-refractivity contribution in [2.24, 2.45) is 5.92 Å². The second kappa shape index (κ2) is 7.88. The molecule has 2 fully saturated rings. The van der Waals surface area contributed by atoms with Gasteiger partial charge in [0.25, 0.3) is 5.56 Å². The van der Waals surface area contributed by atoms with E-state index in [4.69, 9.17) is 4.74 Å². The summed E-state index contributed by atoms with van der Waals surface area (Å²) in [4.78, 5) is 28.8. The number of ether oxygens (including phenoxy) is 1. The maximum Gasteiger partial charge on any atom is 0.266 e. The van der Waals surface area contributed by atoms with Gasteiger partial charge in [-0.1, -0.05) is 20.8 Å². The molecule has 0 radical (unpaired) electrons. The topological polar surface area (TPSA) is 67.7 Å². The molecule has 7 nitrogen and oxygen atoms in total. The maximum absolute atomic E-state index is 12.4. The Morgan fingerprint density at radius 2 is 1.92 bits per heavy atom. The zero-order chi connectivity index (χ0) is 18.7. The first-order valence-electron chi connectivity index (χ1n) is 9.52. The maximum atomic E-state index is 12.4. The Kier molecular flexibility index (Phi) is 5.77. The molecule has 0 spiro atoms. The van der Waals surface area contributed by atoms with Crippen LogP contribution in [0.25, 0.3) is 0 Å². The minimum absolute atomic E-state index is 0.0458. The highest BCUT2D eigenvalue weighted by Gasteiger charge is 2.30. The van der Waals surface area contributed by atoms with Crippen LogP contribution in [0.3, 0.4) is 0 Å². The number of carbonyl (C=O) groups excluding carboxylic acids is 1. The van der Waals surface area contributed by atoms with Crippen LogP contribution in [0, 0.1) is 5.92 Å². The van der Waals surface area contributed by atoms with Crippen molar-refractivity contribution in [3.63, 3.8) is 0 Å². The number of hydrogen-bond acceptors (Lipinski definition) is 5. The van der Waals surface area contributed by atoms with Crippen molar-refractivity contribution in [3.05, 3.63) is 28.2 Å². The van der Waals surface area contributed by atoms with E-state index >= 15 is 0 Å². The summed E-state index contributed by atoms with van der Waals surface area (Å²) in [5.41, 5.74) is 0.783. The molecule has 1 amide bonds. The van der Waals surface area contributed by atoms with Crippen molar-refractivity contribution in [1.29, 1.82) is 0 Å². The van der Waals surface area contributed by atoms with Crippen molar-refractivity contribution in [2.75, 3.05) is 45.9 Å². The van der Waals surface area contributed by atoms with Gasteiger partial charge >= 0.3 is 0 Å². The molecule has 2 saturated heterocycles. The molecule has 7 heteroatoms. The van der Waals surface area contributed by atoms with Crippen LogP contribution >= 0.6 is 0 Å². The average molecular weight is 362 g/mol. The summed E-state index contributed by atoms with van der Waals surface area (Å²) in [6, 6.07) is 3.42. The zero-order valence-corrected chi connectivity index (χ0v) is 16.1. The van der Waals surface area contributed by atoms with Gasteiger partial charge in [-0.05, 0) is 12.5 Å². The number of nitrogens with zero attached hydrogens (tertiary/aromatic N) is 4. The van der Waals surface area contributed by atoms with Gasteiger partial charge in [0.05, 0.1) is 24.8 Å². The number of amides is 1. The van der Waals surface area contributed by atoms with Gasteiger partial charge < -0.3 is 9.64 Å². The molecule has 0 aromatic carbocycles. The third-order valence-electron chi connectivity index (χ3n) is 5.23. The molecule has 0 aliphatic carbocycles. The third-order valence-corrected chi connectivity index (χ3v) is 5.23. The normalized spacial score (nSPS) is 22.0. The van der Waals surface area contributed by atoms with E-state index in [1.54, 1.807) is 10.7 Å². The highest BCUT2D eigenvalue weighted by molar-refractivity contribution is 5.79. The van der Waals surface area contributed by atoms with Gasteiger partial charge in [-0.15, -0.1) is 0 Å². The second-order valence-corrected chi connectivity index (χ2v) is 8.26. The Morgan fingerprint density at radius 1 is 1.19 bits per heavy atom. The summed E-state index contributed by atoms with van der Waals surface area (Å²) in [7, 11) is 0. The molecule has 0 saturated carbocycles. The molecule has 1 atom stereocenters. The lowest BCUT2D eigenvalue weighted by Crippen LogP contribution is -2.51.